The minimum Gasteiger partial charge on any atom is -0.439 e. The molecule has 1 heterocycles. The van der Waals surface area contributed by atoms with Gasteiger partial charge in [-0.1, -0.05) is 50.0 Å². The fourth-order valence-electron chi connectivity index (χ4n) is 1.55. The molecule has 0 spiro atoms. The Morgan fingerprint density at radius 3 is 2.40 bits per heavy atom. The molecule has 2 aromatic rings. The van der Waals surface area contributed by atoms with Crippen LogP contribution in [-0.4, -0.2) is 9.97 Å². The highest BCUT2D eigenvalue weighted by Crippen LogP contribution is 2.31. The molecule has 1 aromatic heterocycles. The Morgan fingerprint density at radius 1 is 1.10 bits per heavy atom. The van der Waals surface area contributed by atoms with Crippen molar-refractivity contribution in [2.45, 2.75) is 33.1 Å². The number of benzene rings is 1. The molecule has 0 unspecified atom stereocenters. The zero-order valence-corrected chi connectivity index (χ0v) is 13.4. The summed E-state index contributed by atoms with van der Waals surface area (Å²) in [6.45, 7) is 7.90. The summed E-state index contributed by atoms with van der Waals surface area (Å²) in [6, 6.07) is 7.15. The zero-order chi connectivity index (χ0) is 14.9. The fourth-order valence-corrected chi connectivity index (χ4v) is 1.89. The second-order valence-electron chi connectivity index (χ2n) is 5.58. The predicted octanol–water partition coefficient (Wildman–Crippen LogP) is 5.18. The summed E-state index contributed by atoms with van der Waals surface area (Å²) < 4.78 is 5.79. The predicted molar refractivity (Wildman–Crippen MR) is 82.0 cm³/mol. The van der Waals surface area contributed by atoms with Crippen molar-refractivity contribution in [2.75, 3.05) is 0 Å². The minimum absolute atomic E-state index is 0.205. The van der Waals surface area contributed by atoms with Crippen molar-refractivity contribution >= 4 is 23.2 Å². The summed E-state index contributed by atoms with van der Waals surface area (Å²) in [4.78, 5) is 8.78. The SMILES string of the molecule is Cc1c(Cl)nc(C(C)(C)C)nc1Oc1cccc(Cl)c1. The van der Waals surface area contributed by atoms with Crippen LogP contribution < -0.4 is 4.74 Å². The molecule has 2 rings (SSSR count). The third kappa shape index (κ3) is 3.41. The molecule has 1 aromatic carbocycles. The molecule has 0 fully saturated rings. The van der Waals surface area contributed by atoms with Gasteiger partial charge in [0, 0.05) is 16.0 Å². The number of ether oxygens (including phenoxy) is 1. The monoisotopic (exact) mass is 310 g/mol. The van der Waals surface area contributed by atoms with E-state index in [-0.39, 0.29) is 5.41 Å². The van der Waals surface area contributed by atoms with Crippen molar-refractivity contribution in [3.05, 3.63) is 45.8 Å². The van der Waals surface area contributed by atoms with Crippen LogP contribution in [-0.2, 0) is 5.41 Å². The van der Waals surface area contributed by atoms with Gasteiger partial charge in [-0.15, -0.1) is 0 Å². The first-order valence-electron chi connectivity index (χ1n) is 6.25. The van der Waals surface area contributed by atoms with E-state index in [0.29, 0.717) is 33.2 Å². The van der Waals surface area contributed by atoms with Gasteiger partial charge in [-0.3, -0.25) is 0 Å². The second kappa shape index (κ2) is 5.58. The van der Waals surface area contributed by atoms with Crippen molar-refractivity contribution in [1.82, 2.24) is 9.97 Å². The van der Waals surface area contributed by atoms with Crippen LogP contribution in [0.4, 0.5) is 0 Å². The summed E-state index contributed by atoms with van der Waals surface area (Å²) in [5.74, 6) is 1.72. The topological polar surface area (TPSA) is 35.0 Å². The Morgan fingerprint density at radius 2 is 1.80 bits per heavy atom. The van der Waals surface area contributed by atoms with Crippen LogP contribution in [0.5, 0.6) is 11.6 Å². The zero-order valence-electron chi connectivity index (χ0n) is 11.9. The Balaban J connectivity index is 2.43. The lowest BCUT2D eigenvalue weighted by molar-refractivity contribution is 0.442. The van der Waals surface area contributed by atoms with Crippen LogP contribution in [0.15, 0.2) is 24.3 Å². The molecule has 0 N–H and O–H groups in total. The van der Waals surface area contributed by atoms with Gasteiger partial charge < -0.3 is 4.74 Å². The van der Waals surface area contributed by atoms with Crippen LogP contribution in [0, 0.1) is 6.92 Å². The summed E-state index contributed by atoms with van der Waals surface area (Å²) in [5, 5.41) is 1.01. The first-order chi connectivity index (χ1) is 9.27. The first kappa shape index (κ1) is 15.1. The van der Waals surface area contributed by atoms with E-state index in [2.05, 4.69) is 9.97 Å². The van der Waals surface area contributed by atoms with Gasteiger partial charge in [0.15, 0.2) is 0 Å². The molecule has 20 heavy (non-hydrogen) atoms. The Bertz CT molecular complexity index is 636. The van der Waals surface area contributed by atoms with Crippen molar-refractivity contribution in [1.29, 1.82) is 0 Å². The van der Waals surface area contributed by atoms with Gasteiger partial charge in [-0.2, -0.15) is 4.98 Å². The molecule has 3 nitrogen and oxygen atoms in total. The van der Waals surface area contributed by atoms with Crippen LogP contribution in [0.2, 0.25) is 10.2 Å². The summed E-state index contributed by atoms with van der Waals surface area (Å²) in [5.41, 5.74) is 0.503. The molecule has 0 saturated carbocycles. The standard InChI is InChI=1S/C15H16Cl2N2O/c1-9-12(17)18-14(15(2,3)4)19-13(9)20-11-7-5-6-10(16)8-11/h5-8H,1-4H3. The molecule has 0 radical (unpaired) electrons. The number of rotatable bonds is 2. The molecule has 0 aliphatic carbocycles. The smallest absolute Gasteiger partial charge is 0.227 e. The molecular weight excluding hydrogens is 295 g/mol. The molecule has 0 aliphatic heterocycles. The average Bonchev–Trinajstić information content (AvgIpc) is 2.33. The summed E-state index contributed by atoms with van der Waals surface area (Å²) in [7, 11) is 0. The molecule has 106 valence electrons. The van der Waals surface area contributed by atoms with Crippen molar-refractivity contribution in [3.63, 3.8) is 0 Å². The number of hydrogen-bond acceptors (Lipinski definition) is 3. The van der Waals surface area contributed by atoms with E-state index in [1.807, 2.05) is 39.8 Å². The van der Waals surface area contributed by atoms with E-state index in [0.717, 1.165) is 0 Å². The van der Waals surface area contributed by atoms with Gasteiger partial charge in [0.2, 0.25) is 5.88 Å². The van der Waals surface area contributed by atoms with Crippen LogP contribution >= 0.6 is 23.2 Å². The highest BCUT2D eigenvalue weighted by molar-refractivity contribution is 6.30. The van der Waals surface area contributed by atoms with Gasteiger partial charge >= 0.3 is 0 Å². The van der Waals surface area contributed by atoms with Crippen LogP contribution in [0.1, 0.15) is 32.2 Å². The highest BCUT2D eigenvalue weighted by atomic mass is 35.5. The number of nitrogens with zero attached hydrogens (tertiary/aromatic N) is 2. The summed E-state index contributed by atoms with van der Waals surface area (Å²) >= 11 is 12.1. The number of halogens is 2. The van der Waals surface area contributed by atoms with Gasteiger partial charge in [0.1, 0.15) is 16.7 Å². The second-order valence-corrected chi connectivity index (χ2v) is 6.37. The Hall–Kier alpha value is -1.32. The van der Waals surface area contributed by atoms with E-state index in [1.54, 1.807) is 12.1 Å². The van der Waals surface area contributed by atoms with Crippen molar-refractivity contribution in [2.24, 2.45) is 0 Å². The van der Waals surface area contributed by atoms with Gasteiger partial charge in [0.05, 0.1) is 0 Å². The van der Waals surface area contributed by atoms with E-state index >= 15 is 0 Å². The fraction of sp³-hybridized carbons (Fsp3) is 0.333. The lowest BCUT2D eigenvalue weighted by Crippen LogP contribution is -2.17. The molecule has 0 aliphatic rings. The lowest BCUT2D eigenvalue weighted by Gasteiger charge is -2.19. The Labute approximate surface area is 128 Å². The van der Waals surface area contributed by atoms with Crippen molar-refractivity contribution < 1.29 is 4.74 Å². The van der Waals surface area contributed by atoms with Crippen molar-refractivity contribution in [3.8, 4) is 11.6 Å². The van der Waals surface area contributed by atoms with Gasteiger partial charge in [-0.05, 0) is 25.1 Å². The van der Waals surface area contributed by atoms with E-state index in [4.69, 9.17) is 27.9 Å². The summed E-state index contributed by atoms with van der Waals surface area (Å²) in [6.07, 6.45) is 0. The lowest BCUT2D eigenvalue weighted by atomic mass is 9.96. The average molecular weight is 311 g/mol. The number of aromatic nitrogens is 2. The van der Waals surface area contributed by atoms with Gasteiger partial charge in [-0.25, -0.2) is 4.98 Å². The molecule has 5 heteroatoms. The van der Waals surface area contributed by atoms with E-state index in [9.17, 15) is 0 Å². The maximum absolute atomic E-state index is 6.17. The normalized spacial score (nSPS) is 11.5. The van der Waals surface area contributed by atoms with Gasteiger partial charge in [0.25, 0.3) is 0 Å². The Kier molecular flexibility index (Phi) is 4.21. The third-order valence-electron chi connectivity index (χ3n) is 2.72. The molecule has 0 amide bonds. The highest BCUT2D eigenvalue weighted by Gasteiger charge is 2.21. The largest absolute Gasteiger partial charge is 0.439 e. The maximum Gasteiger partial charge on any atom is 0.227 e. The molecular formula is C15H16Cl2N2O. The number of hydrogen-bond donors (Lipinski definition) is 0. The maximum atomic E-state index is 6.17. The molecule has 0 bridgehead atoms. The first-order valence-corrected chi connectivity index (χ1v) is 7.01. The molecule has 0 saturated heterocycles. The van der Waals surface area contributed by atoms with Crippen LogP contribution in [0.3, 0.4) is 0 Å². The quantitative estimate of drug-likeness (QED) is 0.717. The molecule has 0 atom stereocenters. The van der Waals surface area contributed by atoms with E-state index in [1.165, 1.54) is 0 Å². The van der Waals surface area contributed by atoms with Crippen LogP contribution in [0.25, 0.3) is 0 Å². The van der Waals surface area contributed by atoms with E-state index < -0.39 is 0 Å². The third-order valence-corrected chi connectivity index (χ3v) is 3.33. The minimum atomic E-state index is -0.205.